The molecule has 1 aromatic rings. The summed E-state index contributed by atoms with van der Waals surface area (Å²) in [5.41, 5.74) is 0.692. The van der Waals surface area contributed by atoms with Crippen LogP contribution >= 0.6 is 0 Å². The molecule has 1 aromatic carbocycles. The molecular weight excluding hydrogens is 207 g/mol. The van der Waals surface area contributed by atoms with Crippen molar-refractivity contribution in [2.24, 2.45) is 0 Å². The Hall–Kier alpha value is -0.930. The Bertz CT molecular complexity index is 340. The highest BCUT2D eigenvalue weighted by Gasteiger charge is 2.24. The van der Waals surface area contributed by atoms with Crippen LogP contribution in [-0.4, -0.2) is 25.9 Å². The Morgan fingerprint density at radius 2 is 2.06 bits per heavy atom. The zero-order valence-corrected chi connectivity index (χ0v) is 9.49. The molecule has 88 valence electrons. The van der Waals surface area contributed by atoms with Gasteiger partial charge in [-0.1, -0.05) is 18.2 Å². The highest BCUT2D eigenvalue weighted by Crippen LogP contribution is 2.26. The number of hydrogen-bond donors (Lipinski definition) is 0. The van der Waals surface area contributed by atoms with Crippen molar-refractivity contribution < 1.29 is 13.9 Å². The molecule has 1 saturated heterocycles. The van der Waals surface area contributed by atoms with E-state index >= 15 is 0 Å². The van der Waals surface area contributed by atoms with E-state index < -0.39 is 0 Å². The normalized spacial score (nSPS) is 27.1. The first-order valence-electron chi connectivity index (χ1n) is 5.73. The Labute approximate surface area is 95.4 Å². The minimum absolute atomic E-state index is 0.00259. The molecule has 1 heterocycles. The smallest absolute Gasteiger partial charge is 0.126 e. The molecule has 0 aliphatic carbocycles. The lowest BCUT2D eigenvalue weighted by Crippen LogP contribution is -2.27. The van der Waals surface area contributed by atoms with Crippen LogP contribution in [0, 0.1) is 5.82 Å². The van der Waals surface area contributed by atoms with Crippen LogP contribution in [0.25, 0.3) is 0 Å². The van der Waals surface area contributed by atoms with Crippen LogP contribution in [0.2, 0.25) is 0 Å². The fraction of sp³-hybridized carbons (Fsp3) is 0.538. The molecule has 0 amide bonds. The lowest BCUT2D eigenvalue weighted by atomic mass is 9.94. The highest BCUT2D eigenvalue weighted by atomic mass is 19.1. The summed E-state index contributed by atoms with van der Waals surface area (Å²) < 4.78 is 24.8. The van der Waals surface area contributed by atoms with Crippen molar-refractivity contribution >= 4 is 0 Å². The summed E-state index contributed by atoms with van der Waals surface area (Å²) in [6, 6.07) is 6.85. The molecule has 1 fully saturated rings. The molecule has 2 rings (SSSR count). The number of halogens is 1. The van der Waals surface area contributed by atoms with Crippen LogP contribution < -0.4 is 0 Å². The maximum absolute atomic E-state index is 13.7. The van der Waals surface area contributed by atoms with Gasteiger partial charge >= 0.3 is 0 Å². The van der Waals surface area contributed by atoms with Crippen LogP contribution in [0.5, 0.6) is 0 Å². The van der Waals surface area contributed by atoms with Gasteiger partial charge in [-0.2, -0.15) is 0 Å². The van der Waals surface area contributed by atoms with Gasteiger partial charge in [-0.15, -0.1) is 0 Å². The van der Waals surface area contributed by atoms with Gasteiger partial charge in [0.2, 0.25) is 0 Å². The van der Waals surface area contributed by atoms with E-state index in [0.717, 1.165) is 6.42 Å². The molecule has 2 nitrogen and oxygen atoms in total. The van der Waals surface area contributed by atoms with Gasteiger partial charge in [-0.25, -0.2) is 4.39 Å². The second-order valence-electron chi connectivity index (χ2n) is 4.13. The van der Waals surface area contributed by atoms with E-state index in [2.05, 4.69) is 0 Å². The first-order valence-corrected chi connectivity index (χ1v) is 5.73. The van der Waals surface area contributed by atoms with Gasteiger partial charge in [0.25, 0.3) is 0 Å². The van der Waals surface area contributed by atoms with Crippen molar-refractivity contribution in [2.45, 2.75) is 25.4 Å². The highest BCUT2D eigenvalue weighted by molar-refractivity contribution is 5.23. The maximum Gasteiger partial charge on any atom is 0.126 e. The predicted octanol–water partition coefficient (Wildman–Crippen LogP) is 2.73. The SMILES string of the molecule is C[C@H]1OCCCOC[C@H]1c1ccccc1F. The quantitative estimate of drug-likeness (QED) is 0.730. The summed E-state index contributed by atoms with van der Waals surface area (Å²) in [5.74, 6) is -0.186. The predicted molar refractivity (Wildman–Crippen MR) is 60.0 cm³/mol. The van der Waals surface area contributed by atoms with Crippen molar-refractivity contribution in [1.29, 1.82) is 0 Å². The molecule has 1 aliphatic heterocycles. The number of benzene rings is 1. The second-order valence-corrected chi connectivity index (χ2v) is 4.13. The molecule has 1 aliphatic rings. The van der Waals surface area contributed by atoms with Crippen molar-refractivity contribution in [3.05, 3.63) is 35.6 Å². The van der Waals surface area contributed by atoms with E-state index in [0.29, 0.717) is 25.4 Å². The average molecular weight is 224 g/mol. The molecule has 0 aromatic heterocycles. The Morgan fingerprint density at radius 1 is 1.25 bits per heavy atom. The minimum atomic E-state index is -0.174. The van der Waals surface area contributed by atoms with Crippen LogP contribution in [0.15, 0.2) is 24.3 Å². The number of hydrogen-bond acceptors (Lipinski definition) is 2. The fourth-order valence-corrected chi connectivity index (χ4v) is 2.01. The van der Waals surface area contributed by atoms with Crippen molar-refractivity contribution in [3.63, 3.8) is 0 Å². The zero-order chi connectivity index (χ0) is 11.4. The van der Waals surface area contributed by atoms with E-state index in [1.54, 1.807) is 6.07 Å². The first-order chi connectivity index (χ1) is 7.79. The van der Waals surface area contributed by atoms with Gasteiger partial charge in [0.1, 0.15) is 5.82 Å². The van der Waals surface area contributed by atoms with Crippen molar-refractivity contribution in [2.75, 3.05) is 19.8 Å². The van der Waals surface area contributed by atoms with Gasteiger partial charge in [-0.3, -0.25) is 0 Å². The summed E-state index contributed by atoms with van der Waals surface area (Å²) in [6.45, 7) is 3.89. The third kappa shape index (κ3) is 2.60. The van der Waals surface area contributed by atoms with Gasteiger partial charge < -0.3 is 9.47 Å². The van der Waals surface area contributed by atoms with Crippen molar-refractivity contribution in [1.82, 2.24) is 0 Å². The molecule has 0 unspecified atom stereocenters. The molecule has 3 heteroatoms. The maximum atomic E-state index is 13.7. The molecule has 16 heavy (non-hydrogen) atoms. The average Bonchev–Trinajstić information content (AvgIpc) is 2.26. The standard InChI is InChI=1S/C13H17FO2/c1-10-12(9-15-7-4-8-16-10)11-5-2-3-6-13(11)14/h2-3,5-6,10,12H,4,7-9H2,1H3/t10-,12-/m1/s1. The Kier molecular flexibility index (Phi) is 3.91. The van der Waals surface area contributed by atoms with Gasteiger partial charge in [0, 0.05) is 19.1 Å². The molecule has 0 N–H and O–H groups in total. The molecule has 2 atom stereocenters. The topological polar surface area (TPSA) is 18.5 Å². The Balaban J connectivity index is 2.19. The molecule has 0 saturated carbocycles. The molecular formula is C13H17FO2. The summed E-state index contributed by atoms with van der Waals surface area (Å²) in [4.78, 5) is 0. The van der Waals surface area contributed by atoms with E-state index in [4.69, 9.17) is 9.47 Å². The monoisotopic (exact) mass is 224 g/mol. The Morgan fingerprint density at radius 3 is 2.88 bits per heavy atom. The van der Waals surface area contributed by atoms with E-state index in [9.17, 15) is 4.39 Å². The van der Waals surface area contributed by atoms with Crippen LogP contribution in [0.3, 0.4) is 0 Å². The molecule has 0 spiro atoms. The van der Waals surface area contributed by atoms with Gasteiger partial charge in [0.15, 0.2) is 0 Å². The third-order valence-electron chi connectivity index (χ3n) is 2.98. The van der Waals surface area contributed by atoms with Crippen LogP contribution in [-0.2, 0) is 9.47 Å². The summed E-state index contributed by atoms with van der Waals surface area (Å²) in [7, 11) is 0. The largest absolute Gasteiger partial charge is 0.381 e. The lowest BCUT2D eigenvalue weighted by Gasteiger charge is -2.27. The number of ether oxygens (including phenoxy) is 2. The van der Waals surface area contributed by atoms with E-state index in [1.807, 2.05) is 19.1 Å². The number of rotatable bonds is 1. The summed E-state index contributed by atoms with van der Waals surface area (Å²) in [5, 5.41) is 0. The second kappa shape index (κ2) is 5.41. The minimum Gasteiger partial charge on any atom is -0.381 e. The third-order valence-corrected chi connectivity index (χ3v) is 2.98. The first kappa shape index (κ1) is 11.6. The molecule has 0 bridgehead atoms. The van der Waals surface area contributed by atoms with Crippen molar-refractivity contribution in [3.8, 4) is 0 Å². The lowest BCUT2D eigenvalue weighted by molar-refractivity contribution is -0.0227. The fourth-order valence-electron chi connectivity index (χ4n) is 2.01. The zero-order valence-electron chi connectivity index (χ0n) is 9.49. The molecule has 0 radical (unpaired) electrons. The van der Waals surface area contributed by atoms with Crippen LogP contribution in [0.1, 0.15) is 24.8 Å². The van der Waals surface area contributed by atoms with Crippen LogP contribution in [0.4, 0.5) is 4.39 Å². The summed E-state index contributed by atoms with van der Waals surface area (Å²) >= 11 is 0. The van der Waals surface area contributed by atoms with E-state index in [-0.39, 0.29) is 17.8 Å². The summed E-state index contributed by atoms with van der Waals surface area (Å²) in [6.07, 6.45) is 0.908. The van der Waals surface area contributed by atoms with Gasteiger partial charge in [-0.05, 0) is 25.0 Å². The van der Waals surface area contributed by atoms with Gasteiger partial charge in [0.05, 0.1) is 12.7 Å². The van der Waals surface area contributed by atoms with E-state index in [1.165, 1.54) is 6.07 Å².